The van der Waals surface area contributed by atoms with E-state index < -0.39 is 11.5 Å². The van der Waals surface area contributed by atoms with Crippen LogP contribution in [0.1, 0.15) is 18.4 Å². The van der Waals surface area contributed by atoms with Crippen LogP contribution in [-0.4, -0.2) is 35.7 Å². The topological polar surface area (TPSA) is 102 Å². The molecule has 0 aromatic heterocycles. The first-order chi connectivity index (χ1) is 9.51. The highest BCUT2D eigenvalue weighted by atomic mass is 16.5. The van der Waals surface area contributed by atoms with Crippen LogP contribution in [0.4, 0.5) is 5.69 Å². The van der Waals surface area contributed by atoms with E-state index in [-0.39, 0.29) is 12.3 Å². The molecular formula is C14H18N2O4. The summed E-state index contributed by atoms with van der Waals surface area (Å²) in [4.78, 5) is 23.1. The Kier molecular flexibility index (Phi) is 4.36. The number of benzene rings is 1. The largest absolute Gasteiger partial charge is 0.481 e. The Balaban J connectivity index is 2.13. The quantitative estimate of drug-likeness (QED) is 0.754. The lowest BCUT2D eigenvalue weighted by Crippen LogP contribution is -2.54. The Hall–Kier alpha value is -1.92. The molecular weight excluding hydrogens is 260 g/mol. The zero-order valence-corrected chi connectivity index (χ0v) is 11.1. The van der Waals surface area contributed by atoms with Gasteiger partial charge in [0.15, 0.2) is 0 Å². The Morgan fingerprint density at radius 1 is 1.30 bits per heavy atom. The predicted octanol–water partition coefficient (Wildman–Crippen LogP) is 0.760. The van der Waals surface area contributed by atoms with Gasteiger partial charge in [-0.2, -0.15) is 0 Å². The van der Waals surface area contributed by atoms with Crippen LogP contribution in [0.3, 0.4) is 0 Å². The molecule has 1 fully saturated rings. The first kappa shape index (κ1) is 14.5. The van der Waals surface area contributed by atoms with Crippen LogP contribution in [0.15, 0.2) is 24.3 Å². The normalized spacial score (nSPS) is 17.4. The Morgan fingerprint density at radius 2 is 1.95 bits per heavy atom. The average molecular weight is 278 g/mol. The number of carboxylic acids is 1. The highest BCUT2D eigenvalue weighted by molar-refractivity contribution is 5.99. The fourth-order valence-corrected chi connectivity index (χ4v) is 2.17. The zero-order chi connectivity index (χ0) is 14.6. The number of hydrogen-bond donors (Lipinski definition) is 3. The molecule has 0 bridgehead atoms. The maximum Gasteiger partial charge on any atom is 0.307 e. The molecule has 6 heteroatoms. The average Bonchev–Trinajstić information content (AvgIpc) is 2.41. The maximum absolute atomic E-state index is 12.3. The fourth-order valence-electron chi connectivity index (χ4n) is 2.17. The van der Waals surface area contributed by atoms with Gasteiger partial charge in [0.05, 0.1) is 6.42 Å². The molecule has 0 atom stereocenters. The summed E-state index contributed by atoms with van der Waals surface area (Å²) in [5, 5.41) is 11.6. The van der Waals surface area contributed by atoms with Crippen molar-refractivity contribution in [1.82, 2.24) is 0 Å². The number of carbonyl (C=O) groups excluding carboxylic acids is 1. The molecule has 1 amide bonds. The van der Waals surface area contributed by atoms with Gasteiger partial charge < -0.3 is 20.9 Å². The third-order valence-electron chi connectivity index (χ3n) is 3.44. The van der Waals surface area contributed by atoms with E-state index in [0.717, 1.165) is 0 Å². The van der Waals surface area contributed by atoms with Crippen LogP contribution in [0.25, 0.3) is 0 Å². The van der Waals surface area contributed by atoms with Crippen molar-refractivity contribution in [2.45, 2.75) is 24.8 Å². The molecule has 108 valence electrons. The minimum atomic E-state index is -0.950. The number of carbonyl (C=O) groups is 2. The Morgan fingerprint density at radius 3 is 2.60 bits per heavy atom. The van der Waals surface area contributed by atoms with Gasteiger partial charge in [0.2, 0.25) is 5.91 Å². The van der Waals surface area contributed by atoms with E-state index in [4.69, 9.17) is 15.6 Å². The number of aliphatic carboxylic acids is 1. The van der Waals surface area contributed by atoms with Crippen molar-refractivity contribution in [2.75, 3.05) is 18.5 Å². The lowest BCUT2D eigenvalue weighted by atomic mass is 9.90. The molecule has 20 heavy (non-hydrogen) atoms. The summed E-state index contributed by atoms with van der Waals surface area (Å²) < 4.78 is 5.20. The van der Waals surface area contributed by atoms with Crippen LogP contribution >= 0.6 is 0 Å². The van der Waals surface area contributed by atoms with Crippen LogP contribution in [0.2, 0.25) is 0 Å². The summed E-state index contributed by atoms with van der Waals surface area (Å²) in [6, 6.07) is 6.84. The number of nitrogens with two attached hydrogens (primary N) is 1. The summed E-state index contributed by atoms with van der Waals surface area (Å²) in [6.07, 6.45) is 0.775. The number of amides is 1. The maximum atomic E-state index is 12.3. The summed E-state index contributed by atoms with van der Waals surface area (Å²) in [6.45, 7) is 0.918. The number of hydrogen-bond acceptors (Lipinski definition) is 4. The third-order valence-corrected chi connectivity index (χ3v) is 3.44. The van der Waals surface area contributed by atoms with Crippen molar-refractivity contribution in [3.8, 4) is 0 Å². The molecule has 6 nitrogen and oxygen atoms in total. The third kappa shape index (κ3) is 3.34. The molecule has 2 rings (SSSR count). The Bertz CT molecular complexity index is 510. The lowest BCUT2D eigenvalue weighted by Gasteiger charge is -2.32. The van der Waals surface area contributed by atoms with Crippen molar-refractivity contribution in [3.05, 3.63) is 29.8 Å². The standard InChI is InChI=1S/C14H18N2O4/c15-14(5-7-20-8-6-14)13(19)16-11-4-2-1-3-10(11)9-12(17)18/h1-4H,5-9,15H2,(H,16,19)(H,17,18). The summed E-state index contributed by atoms with van der Waals surface area (Å²) in [7, 11) is 0. The van der Waals surface area contributed by atoms with Crippen molar-refractivity contribution < 1.29 is 19.4 Å². The van der Waals surface area contributed by atoms with Crippen LogP contribution < -0.4 is 11.1 Å². The number of anilines is 1. The van der Waals surface area contributed by atoms with Crippen LogP contribution in [0.5, 0.6) is 0 Å². The lowest BCUT2D eigenvalue weighted by molar-refractivity contribution is -0.136. The number of carboxylic acid groups (broad SMARTS) is 1. The smallest absolute Gasteiger partial charge is 0.307 e. The van der Waals surface area contributed by atoms with Gasteiger partial charge in [-0.1, -0.05) is 18.2 Å². The SMILES string of the molecule is NC1(C(=O)Nc2ccccc2CC(=O)O)CCOCC1. The van der Waals surface area contributed by atoms with Crippen LogP contribution in [-0.2, 0) is 20.7 Å². The first-order valence-corrected chi connectivity index (χ1v) is 6.49. The zero-order valence-electron chi connectivity index (χ0n) is 11.1. The van der Waals surface area contributed by atoms with Gasteiger partial charge in [0.25, 0.3) is 0 Å². The molecule has 0 saturated carbocycles. The van der Waals surface area contributed by atoms with E-state index in [1.54, 1.807) is 24.3 Å². The van der Waals surface area contributed by atoms with E-state index in [0.29, 0.717) is 37.3 Å². The van der Waals surface area contributed by atoms with Gasteiger partial charge in [0.1, 0.15) is 5.54 Å². The number of nitrogens with one attached hydrogen (secondary N) is 1. The second-order valence-corrected chi connectivity index (χ2v) is 4.95. The van der Waals surface area contributed by atoms with Crippen molar-refractivity contribution in [2.24, 2.45) is 5.73 Å². The summed E-state index contributed by atoms with van der Waals surface area (Å²) in [5.74, 6) is -1.24. The molecule has 0 unspecified atom stereocenters. The molecule has 0 radical (unpaired) electrons. The van der Waals surface area contributed by atoms with Gasteiger partial charge in [-0.05, 0) is 24.5 Å². The second kappa shape index (κ2) is 6.02. The highest BCUT2D eigenvalue weighted by Crippen LogP contribution is 2.22. The van der Waals surface area contributed by atoms with Gasteiger partial charge >= 0.3 is 5.97 Å². The minimum Gasteiger partial charge on any atom is -0.481 e. The molecule has 1 aliphatic rings. The van der Waals surface area contributed by atoms with E-state index in [9.17, 15) is 9.59 Å². The highest BCUT2D eigenvalue weighted by Gasteiger charge is 2.36. The molecule has 1 aromatic rings. The molecule has 0 aliphatic carbocycles. The van der Waals surface area contributed by atoms with Crippen molar-refractivity contribution in [3.63, 3.8) is 0 Å². The Labute approximate surface area is 116 Å². The number of rotatable bonds is 4. The van der Waals surface area contributed by atoms with Crippen molar-refractivity contribution in [1.29, 1.82) is 0 Å². The molecule has 1 heterocycles. The summed E-state index contributed by atoms with van der Waals surface area (Å²) in [5.41, 5.74) is 6.20. The van der Waals surface area contributed by atoms with Gasteiger partial charge in [-0.3, -0.25) is 9.59 Å². The fraction of sp³-hybridized carbons (Fsp3) is 0.429. The first-order valence-electron chi connectivity index (χ1n) is 6.49. The van der Waals surface area contributed by atoms with E-state index in [1.807, 2.05) is 0 Å². The van der Waals surface area contributed by atoms with Gasteiger partial charge in [-0.15, -0.1) is 0 Å². The summed E-state index contributed by atoms with van der Waals surface area (Å²) >= 11 is 0. The second-order valence-electron chi connectivity index (χ2n) is 4.95. The van der Waals surface area contributed by atoms with Crippen LogP contribution in [0, 0.1) is 0 Å². The van der Waals surface area contributed by atoms with E-state index in [2.05, 4.69) is 5.32 Å². The number of para-hydroxylation sites is 1. The van der Waals surface area contributed by atoms with E-state index >= 15 is 0 Å². The molecule has 1 saturated heterocycles. The monoisotopic (exact) mass is 278 g/mol. The van der Waals surface area contributed by atoms with Gasteiger partial charge in [0, 0.05) is 18.9 Å². The molecule has 4 N–H and O–H groups in total. The predicted molar refractivity (Wildman–Crippen MR) is 73.4 cm³/mol. The molecule has 1 aromatic carbocycles. The molecule has 0 spiro atoms. The molecule has 1 aliphatic heterocycles. The minimum absolute atomic E-state index is 0.142. The van der Waals surface area contributed by atoms with Gasteiger partial charge in [-0.25, -0.2) is 0 Å². The number of ether oxygens (including phenoxy) is 1. The van der Waals surface area contributed by atoms with E-state index in [1.165, 1.54) is 0 Å². The van der Waals surface area contributed by atoms with Crippen molar-refractivity contribution >= 4 is 17.6 Å².